The number of nitrogens with zero attached hydrogens (tertiary/aromatic N) is 2. The minimum Gasteiger partial charge on any atom is -0.484 e. The molecule has 0 unspecified atom stereocenters. The predicted molar refractivity (Wildman–Crippen MR) is 97.5 cm³/mol. The third-order valence-corrected chi connectivity index (χ3v) is 5.39. The van der Waals surface area contributed by atoms with E-state index in [1.807, 2.05) is 0 Å². The second-order valence-electron chi connectivity index (χ2n) is 5.97. The molecular formula is C18H17N3O4S. The predicted octanol–water partition coefficient (Wildman–Crippen LogP) is 3.81. The molecule has 1 aliphatic carbocycles. The van der Waals surface area contributed by atoms with Crippen LogP contribution in [0.2, 0.25) is 0 Å². The quantitative estimate of drug-likeness (QED) is 0.489. The number of carbonyl (C=O) groups is 1. The van der Waals surface area contributed by atoms with Gasteiger partial charge in [-0.3, -0.25) is 14.9 Å². The average molecular weight is 371 g/mol. The van der Waals surface area contributed by atoms with Gasteiger partial charge in [0.25, 0.3) is 11.6 Å². The Morgan fingerprint density at radius 3 is 2.92 bits per heavy atom. The molecule has 0 aliphatic heterocycles. The zero-order chi connectivity index (χ0) is 18.5. The highest BCUT2D eigenvalue weighted by Crippen LogP contribution is 2.36. The molecule has 0 atom stereocenters. The van der Waals surface area contributed by atoms with Crippen LogP contribution in [-0.2, 0) is 17.6 Å². The lowest BCUT2D eigenvalue weighted by atomic mass is 10.1. The topological polar surface area (TPSA) is 105 Å². The molecule has 1 amide bonds. The molecule has 8 heteroatoms. The van der Waals surface area contributed by atoms with E-state index in [0.717, 1.165) is 37.7 Å². The molecular weight excluding hydrogens is 354 g/mol. The number of rotatable bonds is 5. The highest BCUT2D eigenvalue weighted by molar-refractivity contribution is 7.16. The Balaban J connectivity index is 1.66. The number of anilines is 1. The number of carbonyl (C=O) groups excluding carboxylic acids is 1. The number of benzene rings is 1. The van der Waals surface area contributed by atoms with Gasteiger partial charge in [-0.25, -0.2) is 0 Å². The van der Waals surface area contributed by atoms with Crippen LogP contribution in [0.4, 0.5) is 10.7 Å². The van der Waals surface area contributed by atoms with Gasteiger partial charge in [-0.2, -0.15) is 5.26 Å². The molecule has 1 aliphatic rings. The molecule has 0 saturated heterocycles. The van der Waals surface area contributed by atoms with Crippen LogP contribution in [0.15, 0.2) is 24.3 Å². The van der Waals surface area contributed by atoms with Crippen molar-refractivity contribution in [3.63, 3.8) is 0 Å². The summed E-state index contributed by atoms with van der Waals surface area (Å²) in [6.07, 6.45) is 5.12. The lowest BCUT2D eigenvalue weighted by Gasteiger charge is -2.07. The van der Waals surface area contributed by atoms with Crippen LogP contribution in [0.25, 0.3) is 0 Å². The van der Waals surface area contributed by atoms with Gasteiger partial charge < -0.3 is 10.1 Å². The minimum atomic E-state index is -0.523. The van der Waals surface area contributed by atoms with Crippen molar-refractivity contribution < 1.29 is 14.5 Å². The molecule has 1 heterocycles. The van der Waals surface area contributed by atoms with E-state index in [-0.39, 0.29) is 18.0 Å². The first-order valence-corrected chi connectivity index (χ1v) is 9.12. The lowest BCUT2D eigenvalue weighted by Crippen LogP contribution is -2.20. The second kappa shape index (κ2) is 7.97. The zero-order valence-electron chi connectivity index (χ0n) is 14.0. The second-order valence-corrected chi connectivity index (χ2v) is 7.08. The first-order chi connectivity index (χ1) is 12.6. The molecule has 26 heavy (non-hydrogen) atoms. The monoisotopic (exact) mass is 371 g/mol. The van der Waals surface area contributed by atoms with Crippen molar-refractivity contribution in [2.75, 3.05) is 11.9 Å². The standard InChI is InChI=1S/C18H17N3O4S/c19-10-15-14-7-2-1-3-8-16(14)26-18(15)20-17(22)11-25-13-6-4-5-12(9-13)21(23)24/h4-6,9H,1-3,7-8,11H2,(H,20,22). The molecule has 7 nitrogen and oxygen atoms in total. The fourth-order valence-corrected chi connectivity index (χ4v) is 4.20. The summed E-state index contributed by atoms with van der Waals surface area (Å²) in [6, 6.07) is 7.87. The number of nitro benzene ring substituents is 1. The van der Waals surface area contributed by atoms with Gasteiger partial charge in [0.05, 0.1) is 16.6 Å². The molecule has 0 saturated carbocycles. The van der Waals surface area contributed by atoms with Crippen LogP contribution in [0, 0.1) is 21.4 Å². The Morgan fingerprint density at radius 2 is 2.15 bits per heavy atom. The third-order valence-electron chi connectivity index (χ3n) is 4.18. The molecule has 1 aromatic heterocycles. The van der Waals surface area contributed by atoms with Gasteiger partial charge in [0.2, 0.25) is 0 Å². The number of nitro groups is 1. The SMILES string of the molecule is N#Cc1c(NC(=O)COc2cccc([N+](=O)[O-])c2)sc2c1CCCCC2. The van der Waals surface area contributed by atoms with Crippen LogP contribution < -0.4 is 10.1 Å². The highest BCUT2D eigenvalue weighted by atomic mass is 32.1. The number of aryl methyl sites for hydroxylation is 1. The van der Waals surface area contributed by atoms with Gasteiger partial charge in [-0.15, -0.1) is 11.3 Å². The van der Waals surface area contributed by atoms with Crippen molar-refractivity contribution in [2.45, 2.75) is 32.1 Å². The summed E-state index contributed by atoms with van der Waals surface area (Å²) in [7, 11) is 0. The van der Waals surface area contributed by atoms with Gasteiger partial charge in [-0.05, 0) is 37.3 Å². The maximum Gasteiger partial charge on any atom is 0.273 e. The van der Waals surface area contributed by atoms with Gasteiger partial charge in [0, 0.05) is 10.9 Å². The summed E-state index contributed by atoms with van der Waals surface area (Å²) >= 11 is 1.46. The number of ether oxygens (including phenoxy) is 1. The smallest absolute Gasteiger partial charge is 0.273 e. The van der Waals surface area contributed by atoms with E-state index in [9.17, 15) is 20.2 Å². The van der Waals surface area contributed by atoms with Crippen LogP contribution in [-0.4, -0.2) is 17.4 Å². The number of nitriles is 1. The van der Waals surface area contributed by atoms with E-state index < -0.39 is 10.8 Å². The molecule has 134 valence electrons. The molecule has 0 fully saturated rings. The van der Waals surface area contributed by atoms with E-state index in [2.05, 4.69) is 11.4 Å². The number of nitrogens with one attached hydrogen (secondary N) is 1. The summed E-state index contributed by atoms with van der Waals surface area (Å²) in [4.78, 5) is 23.6. The minimum absolute atomic E-state index is 0.100. The Bertz CT molecular complexity index is 885. The Hall–Kier alpha value is -2.92. The number of non-ortho nitro benzene ring substituents is 1. The number of hydrogen-bond acceptors (Lipinski definition) is 6. The molecule has 1 aromatic carbocycles. The zero-order valence-corrected chi connectivity index (χ0v) is 14.8. The number of thiophene rings is 1. The van der Waals surface area contributed by atoms with E-state index in [0.29, 0.717) is 10.6 Å². The fourth-order valence-electron chi connectivity index (χ4n) is 2.95. The first-order valence-electron chi connectivity index (χ1n) is 8.30. The summed E-state index contributed by atoms with van der Waals surface area (Å²) in [5.41, 5.74) is 1.51. The van der Waals surface area contributed by atoms with Crippen LogP contribution in [0.1, 0.15) is 35.3 Å². The molecule has 2 aromatic rings. The molecule has 1 N–H and O–H groups in total. The van der Waals surface area contributed by atoms with E-state index in [4.69, 9.17) is 4.74 Å². The van der Waals surface area contributed by atoms with Crippen molar-refractivity contribution in [3.05, 3.63) is 50.4 Å². The number of hydrogen-bond donors (Lipinski definition) is 1. The summed E-state index contributed by atoms with van der Waals surface area (Å²) in [5, 5.41) is 23.5. The summed E-state index contributed by atoms with van der Waals surface area (Å²) < 4.78 is 5.33. The summed E-state index contributed by atoms with van der Waals surface area (Å²) in [6.45, 7) is -0.283. The van der Waals surface area contributed by atoms with Crippen molar-refractivity contribution >= 4 is 27.9 Å². The van der Waals surface area contributed by atoms with Crippen molar-refractivity contribution in [3.8, 4) is 11.8 Å². The Morgan fingerprint density at radius 1 is 1.35 bits per heavy atom. The largest absolute Gasteiger partial charge is 0.484 e. The summed E-state index contributed by atoms with van der Waals surface area (Å²) in [5.74, 6) is -0.152. The van der Waals surface area contributed by atoms with E-state index in [1.165, 1.54) is 34.4 Å². The maximum absolute atomic E-state index is 12.2. The number of fused-ring (bicyclic) bond motifs is 1. The van der Waals surface area contributed by atoms with Crippen LogP contribution in [0.3, 0.4) is 0 Å². The van der Waals surface area contributed by atoms with Gasteiger partial charge in [-0.1, -0.05) is 12.5 Å². The Kier molecular flexibility index (Phi) is 5.49. The molecule has 0 bridgehead atoms. The fraction of sp³-hybridized carbons (Fsp3) is 0.333. The van der Waals surface area contributed by atoms with Crippen molar-refractivity contribution in [1.82, 2.24) is 0 Å². The molecule has 0 radical (unpaired) electrons. The molecule has 3 rings (SSSR count). The van der Waals surface area contributed by atoms with E-state index >= 15 is 0 Å². The number of amides is 1. The lowest BCUT2D eigenvalue weighted by molar-refractivity contribution is -0.384. The normalized spacial score (nSPS) is 13.2. The highest BCUT2D eigenvalue weighted by Gasteiger charge is 2.21. The maximum atomic E-state index is 12.2. The van der Waals surface area contributed by atoms with Crippen LogP contribution >= 0.6 is 11.3 Å². The van der Waals surface area contributed by atoms with Gasteiger partial charge >= 0.3 is 0 Å². The molecule has 0 spiro atoms. The average Bonchev–Trinajstić information content (AvgIpc) is 2.79. The van der Waals surface area contributed by atoms with E-state index in [1.54, 1.807) is 6.07 Å². The Labute approximate surface area is 154 Å². The van der Waals surface area contributed by atoms with Gasteiger partial charge in [0.15, 0.2) is 6.61 Å². The van der Waals surface area contributed by atoms with Gasteiger partial charge in [0.1, 0.15) is 16.8 Å². The van der Waals surface area contributed by atoms with Crippen LogP contribution in [0.5, 0.6) is 5.75 Å². The first kappa shape index (κ1) is 17.9. The van der Waals surface area contributed by atoms with Crippen molar-refractivity contribution in [1.29, 1.82) is 5.26 Å². The van der Waals surface area contributed by atoms with Crippen molar-refractivity contribution in [2.24, 2.45) is 0 Å². The third kappa shape index (κ3) is 4.00.